The lowest BCUT2D eigenvalue weighted by molar-refractivity contribution is -0.103. The van der Waals surface area contributed by atoms with Gasteiger partial charge in [-0.2, -0.15) is 0 Å². The third-order valence-corrected chi connectivity index (χ3v) is 9.69. The monoisotopic (exact) mass is 648 g/mol. The molecule has 2 aromatic heterocycles. The van der Waals surface area contributed by atoms with Gasteiger partial charge in [0.05, 0.1) is 41.7 Å². The number of ether oxygens (including phenoxy) is 1. The molecule has 2 fully saturated rings. The van der Waals surface area contributed by atoms with E-state index in [4.69, 9.17) is 9.72 Å². The van der Waals surface area contributed by atoms with Crippen LogP contribution in [0, 0.1) is 0 Å². The summed E-state index contributed by atoms with van der Waals surface area (Å²) in [7, 11) is 0. The summed E-state index contributed by atoms with van der Waals surface area (Å²) in [6.45, 7) is 1.02. The van der Waals surface area contributed by atoms with E-state index in [1.807, 2.05) is 89.5 Å². The van der Waals surface area contributed by atoms with Gasteiger partial charge in [-0.15, -0.1) is 0 Å². The molecule has 11 nitrogen and oxygen atoms in total. The second kappa shape index (κ2) is 13.6. The number of benzene rings is 3. The van der Waals surface area contributed by atoms with Gasteiger partial charge in [0, 0.05) is 25.2 Å². The molecule has 0 radical (unpaired) electrons. The van der Waals surface area contributed by atoms with Crippen molar-refractivity contribution in [1.29, 1.82) is 0 Å². The molecule has 3 N–H and O–H groups in total. The Morgan fingerprint density at radius 2 is 1.71 bits per heavy atom. The third kappa shape index (κ3) is 6.43. The molecule has 3 heterocycles. The maximum absolute atomic E-state index is 14.5. The Labute approximate surface area is 278 Å². The van der Waals surface area contributed by atoms with E-state index in [0.717, 1.165) is 35.0 Å². The lowest BCUT2D eigenvalue weighted by atomic mass is 9.80. The lowest BCUT2D eigenvalue weighted by Gasteiger charge is -2.41. The summed E-state index contributed by atoms with van der Waals surface area (Å²) in [5.41, 5.74) is 3.38. The van der Waals surface area contributed by atoms with Crippen LogP contribution in [0.4, 0.5) is 4.79 Å². The predicted molar refractivity (Wildman–Crippen MR) is 180 cm³/mol. The Morgan fingerprint density at radius 3 is 2.48 bits per heavy atom. The molecule has 1 saturated heterocycles. The van der Waals surface area contributed by atoms with Crippen molar-refractivity contribution in [2.75, 3.05) is 26.2 Å². The molecule has 5 aromatic rings. The minimum Gasteiger partial charge on any atom is -0.465 e. The van der Waals surface area contributed by atoms with Crippen LogP contribution in [0.2, 0.25) is 0 Å². The van der Waals surface area contributed by atoms with E-state index in [0.29, 0.717) is 36.5 Å². The highest BCUT2D eigenvalue weighted by molar-refractivity contribution is 5.98. The number of nitrogens with one attached hydrogen (secondary N) is 1. The normalized spacial score (nSPS) is 21.4. The summed E-state index contributed by atoms with van der Waals surface area (Å²) in [6, 6.07) is 26.6. The second-order valence-corrected chi connectivity index (χ2v) is 12.8. The molecular weight excluding hydrogens is 608 g/mol. The lowest BCUT2D eigenvalue weighted by Crippen LogP contribution is -2.57. The SMILES string of the molecule is O=C(O)N1CCN(C(=O)c2ncn([C@H]3CCCC[C@]3(O)COCc3nc4ccccc4[nH]3)c2-c2ccccc2)[C@H](Cc2ccccc2)C1. The summed E-state index contributed by atoms with van der Waals surface area (Å²) < 4.78 is 8.10. The zero-order valence-electron chi connectivity index (χ0n) is 26.7. The Hall–Kier alpha value is -5.00. The molecule has 48 heavy (non-hydrogen) atoms. The number of imidazole rings is 2. The highest BCUT2D eigenvalue weighted by Gasteiger charge is 2.43. The van der Waals surface area contributed by atoms with Gasteiger partial charge in [-0.3, -0.25) is 4.79 Å². The van der Waals surface area contributed by atoms with Crippen LogP contribution in [0.25, 0.3) is 22.3 Å². The number of para-hydroxylation sites is 2. The van der Waals surface area contributed by atoms with Crippen molar-refractivity contribution < 1.29 is 24.5 Å². The number of piperazine rings is 1. The average Bonchev–Trinajstić information content (AvgIpc) is 3.73. The van der Waals surface area contributed by atoms with Crippen molar-refractivity contribution in [2.45, 2.75) is 56.4 Å². The van der Waals surface area contributed by atoms with E-state index < -0.39 is 11.7 Å². The van der Waals surface area contributed by atoms with Crippen LogP contribution in [0.5, 0.6) is 0 Å². The smallest absolute Gasteiger partial charge is 0.407 e. The van der Waals surface area contributed by atoms with Gasteiger partial charge in [0.1, 0.15) is 18.0 Å². The maximum atomic E-state index is 14.5. The third-order valence-electron chi connectivity index (χ3n) is 9.69. The van der Waals surface area contributed by atoms with Gasteiger partial charge in [-0.1, -0.05) is 85.6 Å². The van der Waals surface area contributed by atoms with Crippen molar-refractivity contribution in [2.24, 2.45) is 0 Å². The fraction of sp³-hybridized carbons (Fsp3) is 0.351. The van der Waals surface area contributed by atoms with Crippen LogP contribution in [0.15, 0.2) is 91.3 Å². The molecule has 2 aliphatic rings. The highest BCUT2D eigenvalue weighted by atomic mass is 16.5. The summed E-state index contributed by atoms with van der Waals surface area (Å²) in [5, 5.41) is 22.0. The first-order chi connectivity index (χ1) is 23.4. The van der Waals surface area contributed by atoms with Gasteiger partial charge in [0.25, 0.3) is 5.91 Å². The molecule has 7 rings (SSSR count). The molecule has 0 unspecified atom stereocenters. The van der Waals surface area contributed by atoms with E-state index in [2.05, 4.69) is 9.97 Å². The van der Waals surface area contributed by atoms with Crippen molar-refractivity contribution in [3.8, 4) is 11.3 Å². The average molecular weight is 649 g/mol. The van der Waals surface area contributed by atoms with E-state index in [9.17, 15) is 19.8 Å². The highest BCUT2D eigenvalue weighted by Crippen LogP contribution is 2.41. The summed E-state index contributed by atoms with van der Waals surface area (Å²) >= 11 is 0. The van der Waals surface area contributed by atoms with Gasteiger partial charge in [-0.05, 0) is 37.0 Å². The zero-order chi connectivity index (χ0) is 33.1. The van der Waals surface area contributed by atoms with E-state index in [-0.39, 0.29) is 50.8 Å². The number of H-pyrrole nitrogens is 1. The van der Waals surface area contributed by atoms with Gasteiger partial charge in [0.2, 0.25) is 0 Å². The summed E-state index contributed by atoms with van der Waals surface area (Å²) in [5.74, 6) is 0.444. The molecule has 11 heteroatoms. The minimum atomic E-state index is -1.20. The molecule has 1 aliphatic carbocycles. The maximum Gasteiger partial charge on any atom is 0.407 e. The minimum absolute atomic E-state index is 0.0979. The molecule has 0 bridgehead atoms. The van der Waals surface area contributed by atoms with Crippen LogP contribution in [-0.4, -0.2) is 89.4 Å². The number of aliphatic hydroxyl groups is 1. The van der Waals surface area contributed by atoms with Gasteiger partial charge >= 0.3 is 6.09 Å². The van der Waals surface area contributed by atoms with Crippen LogP contribution in [0.1, 0.15) is 53.6 Å². The number of carbonyl (C=O) groups is 2. The van der Waals surface area contributed by atoms with Crippen molar-refractivity contribution >= 4 is 23.0 Å². The number of rotatable bonds is 9. The van der Waals surface area contributed by atoms with Crippen molar-refractivity contribution in [3.63, 3.8) is 0 Å². The van der Waals surface area contributed by atoms with Gasteiger partial charge in [0.15, 0.2) is 5.69 Å². The first-order valence-electron chi connectivity index (χ1n) is 16.6. The quantitative estimate of drug-likeness (QED) is 0.191. The second-order valence-electron chi connectivity index (χ2n) is 12.8. The fourth-order valence-corrected chi connectivity index (χ4v) is 7.30. The van der Waals surface area contributed by atoms with E-state index in [1.54, 1.807) is 11.2 Å². The summed E-state index contributed by atoms with van der Waals surface area (Å²) in [6.07, 6.45) is 4.22. The van der Waals surface area contributed by atoms with Crippen LogP contribution in [-0.2, 0) is 17.8 Å². The standard InChI is InChI=1S/C37H40N6O5/c44-35(42-20-19-41(36(45)46)22-28(42)21-26-11-3-1-4-12-26)33-34(27-13-5-2-6-14-27)43(25-38-33)31-17-9-10-18-37(31,47)24-48-23-32-39-29-15-7-8-16-30(29)40-32/h1-8,11-16,25,28,31,47H,9-10,17-24H2,(H,39,40)(H,45,46)/t28-,31+,37+/m1/s1. The van der Waals surface area contributed by atoms with Crippen molar-refractivity contribution in [1.82, 2.24) is 29.3 Å². The summed E-state index contributed by atoms with van der Waals surface area (Å²) in [4.78, 5) is 42.2. The fourth-order valence-electron chi connectivity index (χ4n) is 7.30. The number of aromatic nitrogens is 4. The predicted octanol–water partition coefficient (Wildman–Crippen LogP) is 5.54. The molecule has 3 atom stereocenters. The Balaban J connectivity index is 1.18. The zero-order valence-corrected chi connectivity index (χ0v) is 26.7. The van der Waals surface area contributed by atoms with Gasteiger partial charge in [-0.25, -0.2) is 14.8 Å². The van der Waals surface area contributed by atoms with Crippen molar-refractivity contribution in [3.05, 3.63) is 108 Å². The number of hydrogen-bond donors (Lipinski definition) is 3. The number of fused-ring (bicyclic) bond motifs is 1. The molecular formula is C37H40N6O5. The molecule has 3 aromatic carbocycles. The molecule has 0 spiro atoms. The number of nitrogens with zero attached hydrogens (tertiary/aromatic N) is 5. The number of carboxylic acid groups (broad SMARTS) is 1. The van der Waals surface area contributed by atoms with E-state index >= 15 is 0 Å². The number of aromatic amines is 1. The van der Waals surface area contributed by atoms with Crippen LogP contribution in [0.3, 0.4) is 0 Å². The number of hydrogen-bond acceptors (Lipinski definition) is 6. The Bertz CT molecular complexity index is 1840. The van der Waals surface area contributed by atoms with Crippen LogP contribution >= 0.6 is 0 Å². The number of amides is 2. The Kier molecular flexibility index (Phi) is 8.96. The first kappa shape index (κ1) is 31.6. The molecule has 2 amide bonds. The Morgan fingerprint density at radius 1 is 0.958 bits per heavy atom. The van der Waals surface area contributed by atoms with Crippen LogP contribution < -0.4 is 0 Å². The number of carbonyl (C=O) groups excluding carboxylic acids is 1. The topological polar surface area (TPSA) is 137 Å². The first-order valence-corrected chi connectivity index (χ1v) is 16.6. The molecule has 1 saturated carbocycles. The molecule has 248 valence electrons. The molecule has 1 aliphatic heterocycles. The van der Waals surface area contributed by atoms with Gasteiger partial charge < -0.3 is 34.3 Å². The van der Waals surface area contributed by atoms with E-state index in [1.165, 1.54) is 4.90 Å². The largest absolute Gasteiger partial charge is 0.465 e.